The van der Waals surface area contributed by atoms with Gasteiger partial charge in [-0.05, 0) is 26.7 Å². The van der Waals surface area contributed by atoms with Crippen LogP contribution in [-0.4, -0.2) is 36.0 Å². The maximum absolute atomic E-state index is 5.60. The molecule has 0 aliphatic carbocycles. The fraction of sp³-hybridized carbons (Fsp3) is 0.846. The molecule has 0 bridgehead atoms. The van der Waals surface area contributed by atoms with E-state index < -0.39 is 0 Å². The lowest BCUT2D eigenvalue weighted by atomic mass is 10.1. The molecule has 104 valence electrons. The molecule has 0 saturated carbocycles. The smallest absolute Gasteiger partial charge is 0.217 e. The molecule has 0 saturated heterocycles. The Morgan fingerprint density at radius 1 is 1.28 bits per heavy atom. The van der Waals surface area contributed by atoms with Crippen LogP contribution in [0.1, 0.15) is 39.5 Å². The zero-order valence-electron chi connectivity index (χ0n) is 12.1. The van der Waals surface area contributed by atoms with Crippen molar-refractivity contribution in [3.8, 4) is 0 Å². The van der Waals surface area contributed by atoms with Crippen LogP contribution in [0.25, 0.3) is 0 Å². The lowest BCUT2D eigenvalue weighted by molar-refractivity contribution is 0.156. The van der Waals surface area contributed by atoms with Gasteiger partial charge in [0.15, 0.2) is 0 Å². The molecule has 1 rings (SSSR count). The molecular weight excluding hydrogens is 230 g/mol. The molecule has 1 aromatic rings. The summed E-state index contributed by atoms with van der Waals surface area (Å²) in [6.07, 6.45) is 1.54. The number of hydrogen-bond acceptors (Lipinski definition) is 5. The highest BCUT2D eigenvalue weighted by Crippen LogP contribution is 2.08. The van der Waals surface area contributed by atoms with Gasteiger partial charge in [-0.15, -0.1) is 10.2 Å². The number of rotatable bonds is 7. The van der Waals surface area contributed by atoms with Crippen LogP contribution in [0.5, 0.6) is 0 Å². The topological polar surface area (TPSA) is 60.2 Å². The first-order valence-electron chi connectivity index (χ1n) is 6.46. The van der Waals surface area contributed by atoms with E-state index in [1.54, 1.807) is 7.11 Å². The number of nitrogens with zero attached hydrogens (tertiary/aromatic N) is 2. The maximum Gasteiger partial charge on any atom is 0.217 e. The molecule has 0 spiro atoms. The van der Waals surface area contributed by atoms with Gasteiger partial charge in [-0.25, -0.2) is 0 Å². The second-order valence-corrected chi connectivity index (χ2v) is 5.78. The molecule has 5 heteroatoms. The van der Waals surface area contributed by atoms with Gasteiger partial charge in [0.05, 0.1) is 0 Å². The Morgan fingerprint density at radius 2 is 1.94 bits per heavy atom. The van der Waals surface area contributed by atoms with Crippen molar-refractivity contribution in [2.45, 2.75) is 46.1 Å². The van der Waals surface area contributed by atoms with Crippen molar-refractivity contribution in [3.05, 3.63) is 11.8 Å². The first-order chi connectivity index (χ1) is 8.40. The van der Waals surface area contributed by atoms with Gasteiger partial charge in [0.1, 0.15) is 0 Å². The highest BCUT2D eigenvalue weighted by molar-refractivity contribution is 4.85. The summed E-state index contributed by atoms with van der Waals surface area (Å²) in [6.45, 7) is 10.1. The monoisotopic (exact) mass is 255 g/mol. The van der Waals surface area contributed by atoms with Gasteiger partial charge in [0.25, 0.3) is 0 Å². The maximum atomic E-state index is 5.60. The third-order valence-corrected chi connectivity index (χ3v) is 2.48. The molecule has 1 aromatic heterocycles. The van der Waals surface area contributed by atoms with E-state index >= 15 is 0 Å². The summed E-state index contributed by atoms with van der Waals surface area (Å²) >= 11 is 0. The number of nitrogens with one attached hydrogen (secondary N) is 1. The molecule has 5 nitrogen and oxygen atoms in total. The third-order valence-electron chi connectivity index (χ3n) is 2.48. The molecule has 1 unspecified atom stereocenters. The standard InChI is InChI=1S/C13H25N3O2/c1-10(9-17-5)8-12-16-15-11(18-12)6-7-14-13(2,3)4/h10,14H,6-9H2,1-5H3. The summed E-state index contributed by atoms with van der Waals surface area (Å²) in [5, 5.41) is 11.5. The van der Waals surface area contributed by atoms with Crippen molar-refractivity contribution >= 4 is 0 Å². The minimum Gasteiger partial charge on any atom is -0.425 e. The number of hydrogen-bond donors (Lipinski definition) is 1. The average Bonchev–Trinajstić information content (AvgIpc) is 2.64. The zero-order chi connectivity index (χ0) is 13.6. The van der Waals surface area contributed by atoms with E-state index in [4.69, 9.17) is 9.15 Å². The van der Waals surface area contributed by atoms with Crippen LogP contribution in [0, 0.1) is 5.92 Å². The van der Waals surface area contributed by atoms with Crippen LogP contribution >= 0.6 is 0 Å². The molecule has 0 aliphatic heterocycles. The molecule has 18 heavy (non-hydrogen) atoms. The summed E-state index contributed by atoms with van der Waals surface area (Å²) in [5.41, 5.74) is 0.121. The fourth-order valence-electron chi connectivity index (χ4n) is 1.66. The average molecular weight is 255 g/mol. The summed E-state index contributed by atoms with van der Waals surface area (Å²) in [4.78, 5) is 0. The van der Waals surface area contributed by atoms with Crippen LogP contribution in [0.4, 0.5) is 0 Å². The van der Waals surface area contributed by atoms with Gasteiger partial charge in [-0.1, -0.05) is 6.92 Å². The largest absolute Gasteiger partial charge is 0.425 e. The van der Waals surface area contributed by atoms with E-state index in [0.29, 0.717) is 24.3 Å². The Bertz CT molecular complexity index is 344. The van der Waals surface area contributed by atoms with E-state index in [-0.39, 0.29) is 5.54 Å². The second-order valence-electron chi connectivity index (χ2n) is 5.78. The summed E-state index contributed by atoms with van der Waals surface area (Å²) in [6, 6.07) is 0. The molecule has 1 N–H and O–H groups in total. The van der Waals surface area contributed by atoms with E-state index in [2.05, 4.69) is 43.2 Å². The van der Waals surface area contributed by atoms with E-state index in [1.807, 2.05) is 0 Å². The number of aromatic nitrogens is 2. The molecule has 0 aliphatic rings. The zero-order valence-corrected chi connectivity index (χ0v) is 12.1. The Morgan fingerprint density at radius 3 is 2.56 bits per heavy atom. The van der Waals surface area contributed by atoms with Crippen LogP contribution in [0.15, 0.2) is 4.42 Å². The molecule has 0 amide bonds. The highest BCUT2D eigenvalue weighted by Gasteiger charge is 2.12. The summed E-state index contributed by atoms with van der Waals surface area (Å²) in [5.74, 6) is 1.80. The van der Waals surface area contributed by atoms with Gasteiger partial charge in [-0.3, -0.25) is 0 Å². The van der Waals surface area contributed by atoms with Crippen LogP contribution in [0.3, 0.4) is 0 Å². The Hall–Kier alpha value is -0.940. The lowest BCUT2D eigenvalue weighted by Gasteiger charge is -2.19. The number of methoxy groups -OCH3 is 1. The predicted molar refractivity (Wildman–Crippen MR) is 70.5 cm³/mol. The first kappa shape index (κ1) is 15.1. The fourth-order valence-corrected chi connectivity index (χ4v) is 1.66. The SMILES string of the molecule is COCC(C)Cc1nnc(CCNC(C)(C)C)o1. The van der Waals surface area contributed by atoms with Crippen molar-refractivity contribution in [1.82, 2.24) is 15.5 Å². The predicted octanol–water partition coefficient (Wildman–Crippen LogP) is 1.83. The summed E-state index contributed by atoms with van der Waals surface area (Å²) in [7, 11) is 1.70. The highest BCUT2D eigenvalue weighted by atomic mass is 16.5. The van der Waals surface area contributed by atoms with Gasteiger partial charge in [0, 0.05) is 38.6 Å². The minimum absolute atomic E-state index is 0.121. The van der Waals surface area contributed by atoms with Gasteiger partial charge in [-0.2, -0.15) is 0 Å². The second kappa shape index (κ2) is 6.85. The van der Waals surface area contributed by atoms with Gasteiger partial charge < -0.3 is 14.5 Å². The molecule has 0 fully saturated rings. The molecular formula is C13H25N3O2. The quantitative estimate of drug-likeness (QED) is 0.805. The van der Waals surface area contributed by atoms with Crippen LogP contribution < -0.4 is 5.32 Å². The van der Waals surface area contributed by atoms with E-state index in [9.17, 15) is 0 Å². The van der Waals surface area contributed by atoms with E-state index in [0.717, 1.165) is 19.4 Å². The normalized spacial score (nSPS) is 13.8. The number of ether oxygens (including phenoxy) is 1. The molecule has 1 heterocycles. The third kappa shape index (κ3) is 6.12. The van der Waals surface area contributed by atoms with Crippen molar-refractivity contribution in [2.75, 3.05) is 20.3 Å². The Balaban J connectivity index is 2.34. The van der Waals surface area contributed by atoms with E-state index in [1.165, 1.54) is 0 Å². The van der Waals surface area contributed by atoms with Crippen molar-refractivity contribution in [2.24, 2.45) is 5.92 Å². The minimum atomic E-state index is 0.121. The van der Waals surface area contributed by atoms with Gasteiger partial charge in [0.2, 0.25) is 11.8 Å². The first-order valence-corrected chi connectivity index (χ1v) is 6.46. The lowest BCUT2D eigenvalue weighted by Crippen LogP contribution is -2.37. The van der Waals surface area contributed by atoms with Crippen LogP contribution in [0.2, 0.25) is 0 Å². The molecule has 0 radical (unpaired) electrons. The van der Waals surface area contributed by atoms with Crippen molar-refractivity contribution in [3.63, 3.8) is 0 Å². The van der Waals surface area contributed by atoms with Crippen molar-refractivity contribution < 1.29 is 9.15 Å². The van der Waals surface area contributed by atoms with Gasteiger partial charge >= 0.3 is 0 Å². The molecule has 1 atom stereocenters. The Kier molecular flexibility index (Phi) is 5.75. The summed E-state index contributed by atoms with van der Waals surface area (Å²) < 4.78 is 10.7. The van der Waals surface area contributed by atoms with Crippen LogP contribution in [-0.2, 0) is 17.6 Å². The Labute approximate surface area is 109 Å². The van der Waals surface area contributed by atoms with Crippen molar-refractivity contribution in [1.29, 1.82) is 0 Å². The molecule has 0 aromatic carbocycles.